The molecular formula is C16H17ClN4O. The van der Waals surface area contributed by atoms with Crippen LogP contribution < -0.4 is 10.2 Å². The molecule has 0 atom stereocenters. The van der Waals surface area contributed by atoms with Crippen LogP contribution in [0.25, 0.3) is 0 Å². The fourth-order valence-corrected chi connectivity index (χ4v) is 2.64. The summed E-state index contributed by atoms with van der Waals surface area (Å²) in [7, 11) is 0. The molecule has 0 spiro atoms. The maximum Gasteiger partial charge on any atom is 0.227 e. The van der Waals surface area contributed by atoms with Crippen LogP contribution in [0.4, 0.5) is 11.5 Å². The lowest BCUT2D eigenvalue weighted by Gasteiger charge is -2.16. The van der Waals surface area contributed by atoms with Crippen molar-refractivity contribution in [2.24, 2.45) is 0 Å². The highest BCUT2D eigenvalue weighted by Crippen LogP contribution is 2.22. The van der Waals surface area contributed by atoms with Gasteiger partial charge >= 0.3 is 0 Å². The van der Waals surface area contributed by atoms with E-state index in [2.05, 4.69) is 15.3 Å². The number of hydrogen-bond acceptors (Lipinski definition) is 4. The zero-order chi connectivity index (χ0) is 15.5. The van der Waals surface area contributed by atoms with E-state index in [-0.39, 0.29) is 5.91 Å². The summed E-state index contributed by atoms with van der Waals surface area (Å²) < 4.78 is 0. The summed E-state index contributed by atoms with van der Waals surface area (Å²) in [4.78, 5) is 21.9. The van der Waals surface area contributed by atoms with Gasteiger partial charge in [0.05, 0.1) is 6.20 Å². The average Bonchev–Trinajstić information content (AvgIpc) is 2.95. The highest BCUT2D eigenvalue weighted by molar-refractivity contribution is 6.32. The Morgan fingerprint density at radius 1 is 1.32 bits per heavy atom. The molecule has 0 saturated carbocycles. The van der Waals surface area contributed by atoms with E-state index < -0.39 is 0 Å². The van der Waals surface area contributed by atoms with Crippen molar-refractivity contribution in [3.05, 3.63) is 46.9 Å². The van der Waals surface area contributed by atoms with Crippen LogP contribution in [0.2, 0.25) is 5.02 Å². The number of carbonyl (C=O) groups is 1. The summed E-state index contributed by atoms with van der Waals surface area (Å²) in [5.41, 5.74) is 2.06. The topological polar surface area (TPSA) is 58.1 Å². The van der Waals surface area contributed by atoms with Crippen LogP contribution in [-0.2, 0) is 11.3 Å². The molecule has 1 aliphatic rings. The molecule has 2 heterocycles. The van der Waals surface area contributed by atoms with Crippen LogP contribution in [0, 0.1) is 6.92 Å². The Morgan fingerprint density at radius 3 is 2.77 bits per heavy atom. The zero-order valence-electron chi connectivity index (χ0n) is 12.3. The fourth-order valence-electron chi connectivity index (χ4n) is 2.48. The number of carbonyl (C=O) groups excluding carboxylic acids is 1. The molecule has 2 aromatic rings. The van der Waals surface area contributed by atoms with Crippen molar-refractivity contribution in [3.63, 3.8) is 0 Å². The second kappa shape index (κ2) is 6.32. The monoisotopic (exact) mass is 316 g/mol. The molecule has 114 valence electrons. The minimum Gasteiger partial charge on any atom is -0.365 e. The van der Waals surface area contributed by atoms with Crippen molar-refractivity contribution >= 4 is 29.0 Å². The van der Waals surface area contributed by atoms with E-state index in [1.165, 1.54) is 0 Å². The SMILES string of the molecule is Cc1ncc(Cl)c(NCc2ccc(N3CCCC3=O)cc2)n1. The first-order valence-corrected chi connectivity index (χ1v) is 7.63. The van der Waals surface area contributed by atoms with Crippen LogP contribution in [0.3, 0.4) is 0 Å². The number of nitrogens with zero attached hydrogens (tertiary/aromatic N) is 3. The standard InChI is InChI=1S/C16H17ClN4O/c1-11-18-10-14(17)16(20-11)19-9-12-4-6-13(7-5-12)21-8-2-3-15(21)22/h4-7,10H,2-3,8-9H2,1H3,(H,18,19,20). The van der Waals surface area contributed by atoms with Gasteiger partial charge in [-0.1, -0.05) is 23.7 Å². The van der Waals surface area contributed by atoms with Crippen LogP contribution in [0.1, 0.15) is 24.2 Å². The van der Waals surface area contributed by atoms with Gasteiger partial charge in [0, 0.05) is 25.2 Å². The van der Waals surface area contributed by atoms with Gasteiger partial charge in [0.15, 0.2) is 0 Å². The van der Waals surface area contributed by atoms with Crippen molar-refractivity contribution < 1.29 is 4.79 Å². The van der Waals surface area contributed by atoms with Crippen molar-refractivity contribution in [2.75, 3.05) is 16.8 Å². The first kappa shape index (κ1) is 14.8. The second-order valence-electron chi connectivity index (χ2n) is 5.28. The number of aryl methyl sites for hydroxylation is 1. The number of hydrogen-bond donors (Lipinski definition) is 1. The third-order valence-electron chi connectivity index (χ3n) is 3.65. The largest absolute Gasteiger partial charge is 0.365 e. The third kappa shape index (κ3) is 3.20. The summed E-state index contributed by atoms with van der Waals surface area (Å²) in [6, 6.07) is 7.98. The lowest BCUT2D eigenvalue weighted by Crippen LogP contribution is -2.23. The maximum atomic E-state index is 11.7. The summed E-state index contributed by atoms with van der Waals surface area (Å²) in [6.07, 6.45) is 3.18. The maximum absolute atomic E-state index is 11.7. The first-order valence-electron chi connectivity index (χ1n) is 7.26. The molecule has 1 aromatic carbocycles. The minimum atomic E-state index is 0.203. The van der Waals surface area contributed by atoms with E-state index in [4.69, 9.17) is 11.6 Å². The fraction of sp³-hybridized carbons (Fsp3) is 0.312. The Labute approximate surface area is 134 Å². The molecule has 1 aromatic heterocycles. The lowest BCUT2D eigenvalue weighted by atomic mass is 10.2. The summed E-state index contributed by atoms with van der Waals surface area (Å²) >= 11 is 6.06. The quantitative estimate of drug-likeness (QED) is 0.941. The molecule has 0 bridgehead atoms. The predicted octanol–water partition coefficient (Wildman–Crippen LogP) is 3.18. The number of aromatic nitrogens is 2. The van der Waals surface area contributed by atoms with Gasteiger partial charge in [0.25, 0.3) is 0 Å². The Kier molecular flexibility index (Phi) is 4.24. The van der Waals surface area contributed by atoms with Crippen molar-refractivity contribution in [1.82, 2.24) is 9.97 Å². The van der Waals surface area contributed by atoms with E-state index in [9.17, 15) is 4.79 Å². The smallest absolute Gasteiger partial charge is 0.227 e. The number of nitrogens with one attached hydrogen (secondary N) is 1. The third-order valence-corrected chi connectivity index (χ3v) is 3.92. The van der Waals surface area contributed by atoms with E-state index in [0.29, 0.717) is 29.6 Å². The van der Waals surface area contributed by atoms with Gasteiger partial charge in [-0.3, -0.25) is 4.79 Å². The van der Waals surface area contributed by atoms with E-state index >= 15 is 0 Å². The van der Waals surface area contributed by atoms with Gasteiger partial charge in [0.2, 0.25) is 5.91 Å². The van der Waals surface area contributed by atoms with Gasteiger partial charge in [-0.25, -0.2) is 9.97 Å². The molecular weight excluding hydrogens is 300 g/mol. The molecule has 0 radical (unpaired) electrons. The molecule has 6 heteroatoms. The van der Waals surface area contributed by atoms with Crippen molar-refractivity contribution in [3.8, 4) is 0 Å². The van der Waals surface area contributed by atoms with Gasteiger partial charge in [-0.05, 0) is 31.0 Å². The molecule has 3 rings (SSSR count). The molecule has 1 saturated heterocycles. The van der Waals surface area contributed by atoms with Gasteiger partial charge in [-0.2, -0.15) is 0 Å². The lowest BCUT2D eigenvalue weighted by molar-refractivity contribution is -0.117. The number of amides is 1. The highest BCUT2D eigenvalue weighted by atomic mass is 35.5. The molecule has 0 aliphatic carbocycles. The molecule has 22 heavy (non-hydrogen) atoms. The highest BCUT2D eigenvalue weighted by Gasteiger charge is 2.21. The van der Waals surface area contributed by atoms with E-state index in [1.54, 1.807) is 6.20 Å². The van der Waals surface area contributed by atoms with E-state index in [0.717, 1.165) is 24.2 Å². The van der Waals surface area contributed by atoms with Crippen LogP contribution >= 0.6 is 11.6 Å². The number of benzene rings is 1. The Morgan fingerprint density at radius 2 is 2.09 bits per heavy atom. The zero-order valence-corrected chi connectivity index (χ0v) is 13.1. The Hall–Kier alpha value is -2.14. The van der Waals surface area contributed by atoms with Crippen LogP contribution in [-0.4, -0.2) is 22.4 Å². The molecule has 5 nitrogen and oxygen atoms in total. The number of anilines is 2. The number of rotatable bonds is 4. The number of halogens is 1. The predicted molar refractivity (Wildman–Crippen MR) is 87.1 cm³/mol. The van der Waals surface area contributed by atoms with Gasteiger partial charge in [-0.15, -0.1) is 0 Å². The van der Waals surface area contributed by atoms with Crippen molar-refractivity contribution in [1.29, 1.82) is 0 Å². The van der Waals surface area contributed by atoms with Gasteiger partial charge < -0.3 is 10.2 Å². The van der Waals surface area contributed by atoms with Crippen LogP contribution in [0.5, 0.6) is 0 Å². The minimum absolute atomic E-state index is 0.203. The average molecular weight is 317 g/mol. The molecule has 0 unspecified atom stereocenters. The molecule has 1 fully saturated rings. The molecule has 1 aliphatic heterocycles. The van der Waals surface area contributed by atoms with Gasteiger partial charge in [0.1, 0.15) is 16.7 Å². The summed E-state index contributed by atoms with van der Waals surface area (Å²) in [6.45, 7) is 3.25. The van der Waals surface area contributed by atoms with Crippen molar-refractivity contribution in [2.45, 2.75) is 26.3 Å². The first-order chi connectivity index (χ1) is 10.6. The van der Waals surface area contributed by atoms with E-state index in [1.807, 2.05) is 36.1 Å². The summed E-state index contributed by atoms with van der Waals surface area (Å²) in [5.74, 6) is 1.51. The second-order valence-corrected chi connectivity index (χ2v) is 5.69. The Bertz CT molecular complexity index is 687. The molecule has 1 N–H and O–H groups in total. The normalized spacial score (nSPS) is 14.5. The van der Waals surface area contributed by atoms with Crippen LogP contribution in [0.15, 0.2) is 30.5 Å². The summed E-state index contributed by atoms with van der Waals surface area (Å²) in [5, 5.41) is 3.71. The Balaban J connectivity index is 1.66. The molecule has 1 amide bonds.